The summed E-state index contributed by atoms with van der Waals surface area (Å²) in [5, 5.41) is 0. The van der Waals surface area contributed by atoms with E-state index in [0.717, 1.165) is 66.2 Å². The molecule has 0 atom stereocenters. The van der Waals surface area contributed by atoms with Gasteiger partial charge < -0.3 is 42.8 Å². The van der Waals surface area contributed by atoms with Crippen molar-refractivity contribution in [2.24, 2.45) is 0 Å². The first-order valence-electron chi connectivity index (χ1n) is 15.9. The van der Waals surface area contributed by atoms with Gasteiger partial charge in [0, 0.05) is 49.5 Å². The first-order valence-corrected chi connectivity index (χ1v) is 15.9. The molecule has 0 unspecified atom stereocenters. The zero-order valence-electron chi connectivity index (χ0n) is 27.1. The van der Waals surface area contributed by atoms with Crippen LogP contribution in [0.5, 0.6) is 46.0 Å². The quantitative estimate of drug-likeness (QED) is 0.231. The molecule has 10 heteroatoms. The minimum absolute atomic E-state index is 0.126. The maximum absolute atomic E-state index is 6.12. The molecular weight excluding hydrogens is 600 g/mol. The Morgan fingerprint density at radius 2 is 1.13 bits per heavy atom. The molecule has 0 radical (unpaired) electrons. The third-order valence-corrected chi connectivity index (χ3v) is 9.62. The molecule has 0 N–H and O–H groups in total. The summed E-state index contributed by atoms with van der Waals surface area (Å²) in [6.45, 7) is 4.32. The Bertz CT molecular complexity index is 1780. The van der Waals surface area contributed by atoms with Gasteiger partial charge in [0.2, 0.25) is 25.1 Å². The van der Waals surface area contributed by atoms with Gasteiger partial charge in [0.15, 0.2) is 34.5 Å². The van der Waals surface area contributed by atoms with Crippen molar-refractivity contribution in [3.05, 3.63) is 76.3 Å². The highest BCUT2D eigenvalue weighted by Gasteiger charge is 2.37. The van der Waals surface area contributed by atoms with E-state index in [2.05, 4.69) is 58.3 Å². The maximum Gasteiger partial charge on any atom is 0.231 e. The number of nitrogens with zero attached hydrogens (tertiary/aromatic N) is 2. The van der Waals surface area contributed by atoms with Crippen LogP contribution >= 0.6 is 0 Å². The molecule has 10 nitrogen and oxygen atoms in total. The van der Waals surface area contributed by atoms with E-state index in [9.17, 15) is 0 Å². The average molecular weight is 639 g/mol. The van der Waals surface area contributed by atoms with Crippen molar-refractivity contribution in [3.63, 3.8) is 0 Å². The van der Waals surface area contributed by atoms with Crippen LogP contribution in [0.1, 0.15) is 27.8 Å². The number of rotatable bonds is 8. The van der Waals surface area contributed by atoms with Crippen LogP contribution < -0.4 is 42.8 Å². The topological polar surface area (TPSA) is 80.3 Å². The van der Waals surface area contributed by atoms with Crippen LogP contribution in [0.25, 0.3) is 11.1 Å². The van der Waals surface area contributed by atoms with E-state index in [0.29, 0.717) is 47.6 Å². The molecule has 0 spiro atoms. The summed E-state index contributed by atoms with van der Waals surface area (Å²) in [6.07, 6.45) is 1.89. The molecule has 4 aromatic rings. The van der Waals surface area contributed by atoms with Crippen LogP contribution in [0, 0.1) is 0 Å². The summed E-state index contributed by atoms with van der Waals surface area (Å²) in [6, 6.07) is 17.1. The van der Waals surface area contributed by atoms with Crippen LogP contribution in [-0.2, 0) is 32.5 Å². The van der Waals surface area contributed by atoms with E-state index in [4.69, 9.17) is 37.9 Å². The van der Waals surface area contributed by atoms with Crippen molar-refractivity contribution in [1.29, 1.82) is 0 Å². The molecule has 47 heavy (non-hydrogen) atoms. The Morgan fingerprint density at radius 3 is 1.72 bits per heavy atom. The number of hydrogen-bond donors (Lipinski definition) is 0. The van der Waals surface area contributed by atoms with Gasteiger partial charge in [-0.3, -0.25) is 4.90 Å². The maximum atomic E-state index is 6.12. The lowest BCUT2D eigenvalue weighted by atomic mass is 9.93. The highest BCUT2D eigenvalue weighted by molar-refractivity contribution is 5.90. The normalized spacial score (nSPS) is 15.8. The molecular formula is C37H38N2O8. The molecule has 0 fully saturated rings. The van der Waals surface area contributed by atoms with Crippen molar-refractivity contribution in [2.45, 2.75) is 32.5 Å². The lowest BCUT2D eigenvalue weighted by molar-refractivity contribution is 0.170. The molecule has 4 aliphatic heterocycles. The number of para-hydroxylation sites is 1. The van der Waals surface area contributed by atoms with E-state index >= 15 is 0 Å². The first-order chi connectivity index (χ1) is 23.1. The van der Waals surface area contributed by atoms with Crippen molar-refractivity contribution in [1.82, 2.24) is 4.90 Å². The predicted molar refractivity (Wildman–Crippen MR) is 176 cm³/mol. The zero-order chi connectivity index (χ0) is 32.1. The Hall–Kier alpha value is -4.96. The Balaban J connectivity index is 1.14. The summed E-state index contributed by atoms with van der Waals surface area (Å²) >= 11 is 0. The van der Waals surface area contributed by atoms with Crippen LogP contribution in [0.2, 0.25) is 0 Å². The van der Waals surface area contributed by atoms with Gasteiger partial charge in [-0.25, -0.2) is 0 Å². The first kappa shape index (κ1) is 29.4. The minimum Gasteiger partial charge on any atom is -0.493 e. The van der Waals surface area contributed by atoms with Crippen LogP contribution in [0.3, 0.4) is 0 Å². The SMILES string of the molecule is COc1cc2c(cc1OC)CN(CCc1ccccc1N1Cc3cc(OC)c4c(c3-c3c(cc(OC)c5c3OCO5)C1)OCO4)CC2. The number of benzene rings is 4. The highest BCUT2D eigenvalue weighted by Crippen LogP contribution is 2.58. The Morgan fingerprint density at radius 1 is 0.596 bits per heavy atom. The number of anilines is 1. The van der Waals surface area contributed by atoms with Gasteiger partial charge in [0.1, 0.15) is 0 Å². The second kappa shape index (κ2) is 12.0. The number of ether oxygens (including phenoxy) is 8. The van der Waals surface area contributed by atoms with E-state index < -0.39 is 0 Å². The summed E-state index contributed by atoms with van der Waals surface area (Å²) in [5.74, 6) is 5.40. The van der Waals surface area contributed by atoms with E-state index in [1.165, 1.54) is 22.4 Å². The van der Waals surface area contributed by atoms with E-state index in [1.54, 1.807) is 28.4 Å². The van der Waals surface area contributed by atoms with Crippen molar-refractivity contribution in [2.75, 3.05) is 60.0 Å². The smallest absolute Gasteiger partial charge is 0.231 e. The Labute approximate surface area is 274 Å². The Kier molecular flexibility index (Phi) is 7.52. The second-order valence-corrected chi connectivity index (χ2v) is 12.1. The van der Waals surface area contributed by atoms with Gasteiger partial charge in [0.05, 0.1) is 28.4 Å². The third kappa shape index (κ3) is 4.98. The number of fused-ring (bicyclic) bond motifs is 8. The molecule has 0 amide bonds. The van der Waals surface area contributed by atoms with Crippen molar-refractivity contribution in [3.8, 4) is 57.1 Å². The molecule has 0 aliphatic carbocycles. The second-order valence-electron chi connectivity index (χ2n) is 12.1. The molecule has 0 saturated heterocycles. The molecule has 0 aromatic heterocycles. The fourth-order valence-corrected chi connectivity index (χ4v) is 7.36. The van der Waals surface area contributed by atoms with Crippen molar-refractivity contribution < 1.29 is 37.9 Å². The predicted octanol–water partition coefficient (Wildman–Crippen LogP) is 5.97. The zero-order valence-corrected chi connectivity index (χ0v) is 27.1. The monoisotopic (exact) mass is 638 g/mol. The third-order valence-electron chi connectivity index (χ3n) is 9.62. The molecule has 244 valence electrons. The van der Waals surface area contributed by atoms with Gasteiger partial charge in [-0.15, -0.1) is 0 Å². The van der Waals surface area contributed by atoms with Gasteiger partial charge >= 0.3 is 0 Å². The number of hydrogen-bond acceptors (Lipinski definition) is 10. The summed E-state index contributed by atoms with van der Waals surface area (Å²) in [4.78, 5) is 4.95. The lowest BCUT2D eigenvalue weighted by Crippen LogP contribution is -2.32. The van der Waals surface area contributed by atoms with E-state index in [1.807, 2.05) is 0 Å². The number of methoxy groups -OCH3 is 4. The highest BCUT2D eigenvalue weighted by atomic mass is 16.7. The molecule has 4 aliphatic rings. The largest absolute Gasteiger partial charge is 0.493 e. The standard InChI is InChI=1S/C37H38N2O8/c1-40-28-13-23-10-12-38(17-24(23)14-29(28)41-2)11-9-22-7-5-6-8-27(22)39-18-25-15-30(42-3)34-36(46-20-44-34)32(25)33-26(19-39)16-31(43-4)35-37(33)47-21-45-35/h5-8,13-16H,9-12,17-21H2,1-4H3. The van der Waals surface area contributed by atoms with Crippen LogP contribution in [0.15, 0.2) is 48.5 Å². The van der Waals surface area contributed by atoms with E-state index in [-0.39, 0.29) is 13.6 Å². The van der Waals surface area contributed by atoms with Gasteiger partial charge in [-0.2, -0.15) is 0 Å². The van der Waals surface area contributed by atoms with Crippen molar-refractivity contribution >= 4 is 5.69 Å². The molecule has 4 aromatic carbocycles. The molecule has 0 saturated carbocycles. The van der Waals surface area contributed by atoms with Gasteiger partial charge in [-0.05, 0) is 71.0 Å². The molecule has 8 rings (SSSR count). The minimum atomic E-state index is 0.126. The fourth-order valence-electron chi connectivity index (χ4n) is 7.36. The molecule has 4 heterocycles. The van der Waals surface area contributed by atoms with Gasteiger partial charge in [-0.1, -0.05) is 18.2 Å². The average Bonchev–Trinajstić information content (AvgIpc) is 3.77. The summed E-state index contributed by atoms with van der Waals surface area (Å²) in [7, 11) is 6.70. The summed E-state index contributed by atoms with van der Waals surface area (Å²) < 4.78 is 46.7. The lowest BCUT2D eigenvalue weighted by Gasteiger charge is -2.31. The van der Waals surface area contributed by atoms with Crippen LogP contribution in [-0.4, -0.2) is 60.0 Å². The van der Waals surface area contributed by atoms with Crippen LogP contribution in [0.4, 0.5) is 5.69 Å². The summed E-state index contributed by atoms with van der Waals surface area (Å²) in [5.41, 5.74) is 9.09. The molecule has 0 bridgehead atoms. The fraction of sp³-hybridized carbons (Fsp3) is 0.351. The van der Waals surface area contributed by atoms with Gasteiger partial charge in [0.25, 0.3) is 0 Å².